The Balaban J connectivity index is 2.12. The molecule has 0 radical (unpaired) electrons. The maximum absolute atomic E-state index is 12.5. The second-order valence-corrected chi connectivity index (χ2v) is 7.14. The number of aliphatic hydroxyl groups is 1. The summed E-state index contributed by atoms with van der Waals surface area (Å²) in [4.78, 5) is 37.1. The van der Waals surface area contributed by atoms with Crippen LogP contribution >= 0.6 is 0 Å². The molecule has 0 aliphatic carbocycles. The minimum Gasteiger partial charge on any atom is -0.476 e. The monoisotopic (exact) mass is 374 g/mol. The van der Waals surface area contributed by atoms with E-state index in [1.165, 1.54) is 13.0 Å². The molecule has 0 saturated carbocycles. The van der Waals surface area contributed by atoms with Crippen molar-refractivity contribution in [3.05, 3.63) is 47.3 Å². The quantitative estimate of drug-likeness (QED) is 0.578. The molecule has 3 heterocycles. The summed E-state index contributed by atoms with van der Waals surface area (Å²) in [7, 11) is 0. The van der Waals surface area contributed by atoms with E-state index in [-0.39, 0.29) is 11.3 Å². The molecule has 0 aromatic rings. The average molecular weight is 374 g/mol. The zero-order valence-corrected chi connectivity index (χ0v) is 15.6. The highest BCUT2D eigenvalue weighted by molar-refractivity contribution is 6.00. The largest absolute Gasteiger partial charge is 0.476 e. The molecule has 3 rings (SSSR count). The van der Waals surface area contributed by atoms with E-state index in [0.717, 1.165) is 0 Å². The van der Waals surface area contributed by atoms with Crippen molar-refractivity contribution in [3.63, 3.8) is 0 Å². The molecule has 7 heteroatoms. The zero-order chi connectivity index (χ0) is 20.1. The average Bonchev–Trinajstić information content (AvgIpc) is 3.08. The van der Waals surface area contributed by atoms with Gasteiger partial charge < -0.3 is 19.3 Å². The Kier molecular flexibility index (Phi) is 4.59. The van der Waals surface area contributed by atoms with E-state index in [2.05, 4.69) is 6.58 Å². The summed E-state index contributed by atoms with van der Waals surface area (Å²) in [5.41, 5.74) is -0.681. The first kappa shape index (κ1) is 19.1. The van der Waals surface area contributed by atoms with Gasteiger partial charge in [-0.1, -0.05) is 12.7 Å². The predicted molar refractivity (Wildman–Crippen MR) is 94.2 cm³/mol. The van der Waals surface area contributed by atoms with Crippen LogP contribution in [0.2, 0.25) is 0 Å². The van der Waals surface area contributed by atoms with Gasteiger partial charge in [-0.05, 0) is 39.3 Å². The van der Waals surface area contributed by atoms with E-state index in [0.29, 0.717) is 11.1 Å². The van der Waals surface area contributed by atoms with Gasteiger partial charge in [-0.25, -0.2) is 9.59 Å². The van der Waals surface area contributed by atoms with Crippen molar-refractivity contribution in [3.8, 4) is 0 Å². The summed E-state index contributed by atoms with van der Waals surface area (Å²) in [6.07, 6.45) is 0.871. The summed E-state index contributed by atoms with van der Waals surface area (Å²) in [6, 6.07) is 0. The summed E-state index contributed by atoms with van der Waals surface area (Å²) in [6.45, 7) is 10.1. The van der Waals surface area contributed by atoms with Gasteiger partial charge in [0.05, 0.1) is 5.92 Å². The smallest absolute Gasteiger partial charge is 0.334 e. The lowest BCUT2D eigenvalue weighted by atomic mass is 9.80. The fraction of sp³-hybridized carbons (Fsp3) is 0.450. The maximum atomic E-state index is 12.5. The van der Waals surface area contributed by atoms with Crippen molar-refractivity contribution in [1.82, 2.24) is 0 Å². The number of hydrogen-bond acceptors (Lipinski definition) is 7. The maximum Gasteiger partial charge on any atom is 0.334 e. The first-order valence-electron chi connectivity index (χ1n) is 8.65. The van der Waals surface area contributed by atoms with Crippen LogP contribution in [0, 0.1) is 5.92 Å². The van der Waals surface area contributed by atoms with Crippen molar-refractivity contribution >= 4 is 17.7 Å². The lowest BCUT2D eigenvalue weighted by Crippen LogP contribution is -2.55. The molecule has 5 atom stereocenters. The number of ketones is 1. The molecule has 7 nitrogen and oxygen atoms in total. The van der Waals surface area contributed by atoms with Crippen LogP contribution in [0.5, 0.6) is 0 Å². The van der Waals surface area contributed by atoms with Crippen molar-refractivity contribution < 1.29 is 33.7 Å². The Hall–Kier alpha value is -2.67. The SMILES string of the molecule is C=C1C(=O)O[C@@H]2/C=C(/C)C3=CC(=O)[C@@](C)(O3)[C@@H](O)[C@@H](OC(=O)/C(C)=C/C)[C@@H]12. The summed E-state index contributed by atoms with van der Waals surface area (Å²) in [5.74, 6) is -2.32. The first-order valence-corrected chi connectivity index (χ1v) is 8.65. The van der Waals surface area contributed by atoms with Gasteiger partial charge >= 0.3 is 11.9 Å². The van der Waals surface area contributed by atoms with Crippen molar-refractivity contribution in [2.45, 2.75) is 51.6 Å². The van der Waals surface area contributed by atoms with E-state index >= 15 is 0 Å². The van der Waals surface area contributed by atoms with Gasteiger partial charge in [0.15, 0.2) is 5.60 Å². The molecular weight excluding hydrogens is 352 g/mol. The molecule has 3 aliphatic rings. The highest BCUT2D eigenvalue weighted by Gasteiger charge is 2.57. The number of carbonyl (C=O) groups is 3. The van der Waals surface area contributed by atoms with Gasteiger partial charge in [-0.2, -0.15) is 0 Å². The van der Waals surface area contributed by atoms with Crippen molar-refractivity contribution in [2.75, 3.05) is 0 Å². The molecule has 1 saturated heterocycles. The van der Waals surface area contributed by atoms with Gasteiger partial charge in [-0.3, -0.25) is 4.79 Å². The molecule has 0 unspecified atom stereocenters. The minimum atomic E-state index is -1.65. The van der Waals surface area contributed by atoms with Gasteiger partial charge in [0.25, 0.3) is 0 Å². The topological polar surface area (TPSA) is 99.1 Å². The Morgan fingerprint density at radius 1 is 1.41 bits per heavy atom. The van der Waals surface area contributed by atoms with Gasteiger partial charge in [-0.15, -0.1) is 0 Å². The van der Waals surface area contributed by atoms with Gasteiger partial charge in [0.2, 0.25) is 5.78 Å². The molecule has 0 amide bonds. The lowest BCUT2D eigenvalue weighted by molar-refractivity contribution is -0.175. The number of ether oxygens (including phenoxy) is 3. The number of rotatable bonds is 2. The highest BCUT2D eigenvalue weighted by Crippen LogP contribution is 2.42. The fourth-order valence-electron chi connectivity index (χ4n) is 3.41. The Bertz CT molecular complexity index is 831. The predicted octanol–water partition coefficient (Wildman–Crippen LogP) is 1.52. The Labute approximate surface area is 157 Å². The Morgan fingerprint density at radius 2 is 2.07 bits per heavy atom. The molecule has 1 fully saturated rings. The van der Waals surface area contributed by atoms with Gasteiger partial charge in [0, 0.05) is 17.2 Å². The molecular formula is C20H22O7. The van der Waals surface area contributed by atoms with E-state index in [1.807, 2.05) is 0 Å². The Morgan fingerprint density at radius 3 is 2.70 bits per heavy atom. The molecule has 3 aliphatic heterocycles. The normalized spacial score (nSPS) is 37.8. The standard InChI is InChI=1S/C20H22O7/c1-6-9(2)18(23)26-16-15-11(4)19(24)25-13(15)7-10(3)12-8-14(21)20(5,27-12)17(16)22/h6-8,13,15-17,22H,4H2,1-3,5H3/b9-6+,10-7-/t13-,15+,16+,17+,20-/m1/s1. The van der Waals surface area contributed by atoms with E-state index in [4.69, 9.17) is 14.2 Å². The summed E-state index contributed by atoms with van der Waals surface area (Å²) in [5, 5.41) is 11.0. The van der Waals surface area contributed by atoms with Crippen molar-refractivity contribution in [1.29, 1.82) is 0 Å². The second kappa shape index (κ2) is 6.49. The lowest BCUT2D eigenvalue weighted by Gasteiger charge is -2.36. The zero-order valence-electron chi connectivity index (χ0n) is 15.6. The molecule has 27 heavy (non-hydrogen) atoms. The van der Waals surface area contributed by atoms with Crippen LogP contribution in [-0.2, 0) is 28.6 Å². The van der Waals surface area contributed by atoms with E-state index in [1.54, 1.807) is 32.9 Å². The molecule has 0 spiro atoms. The third-order valence-electron chi connectivity index (χ3n) is 5.37. The molecule has 1 N–H and O–H groups in total. The number of esters is 2. The van der Waals surface area contributed by atoms with Crippen LogP contribution in [-0.4, -0.2) is 46.7 Å². The second-order valence-electron chi connectivity index (χ2n) is 7.14. The van der Waals surface area contributed by atoms with Crippen molar-refractivity contribution in [2.24, 2.45) is 5.92 Å². The van der Waals surface area contributed by atoms with Crippen LogP contribution in [0.4, 0.5) is 0 Å². The number of carbonyl (C=O) groups excluding carboxylic acids is 3. The van der Waals surface area contributed by atoms with E-state index in [9.17, 15) is 19.5 Å². The molecule has 144 valence electrons. The van der Waals surface area contributed by atoms with E-state index < -0.39 is 47.6 Å². The number of fused-ring (bicyclic) bond motifs is 3. The number of aliphatic hydroxyl groups excluding tert-OH is 1. The highest BCUT2D eigenvalue weighted by atomic mass is 16.6. The van der Waals surface area contributed by atoms with Gasteiger partial charge in [0.1, 0.15) is 24.1 Å². The van der Waals surface area contributed by atoms with Crippen LogP contribution in [0.15, 0.2) is 47.3 Å². The molecule has 0 aromatic heterocycles. The molecule has 0 aromatic carbocycles. The summed E-state index contributed by atoms with van der Waals surface area (Å²) < 4.78 is 16.6. The number of allylic oxidation sites excluding steroid dienone is 2. The fourth-order valence-corrected chi connectivity index (χ4v) is 3.41. The minimum absolute atomic E-state index is 0.0711. The summed E-state index contributed by atoms with van der Waals surface area (Å²) >= 11 is 0. The first-order chi connectivity index (χ1) is 12.6. The van der Waals surface area contributed by atoms with Crippen LogP contribution in [0.25, 0.3) is 0 Å². The number of hydrogen-bond donors (Lipinski definition) is 1. The third-order valence-corrected chi connectivity index (χ3v) is 5.37. The van der Waals surface area contributed by atoms with Crippen LogP contribution < -0.4 is 0 Å². The van der Waals surface area contributed by atoms with Crippen LogP contribution in [0.3, 0.4) is 0 Å². The molecule has 2 bridgehead atoms. The third kappa shape index (κ3) is 2.92. The van der Waals surface area contributed by atoms with Crippen LogP contribution in [0.1, 0.15) is 27.7 Å².